The third-order valence-electron chi connectivity index (χ3n) is 5.09. The molecule has 0 bridgehead atoms. The van der Waals surface area contributed by atoms with Crippen molar-refractivity contribution in [2.75, 3.05) is 27.4 Å². The summed E-state index contributed by atoms with van der Waals surface area (Å²) in [5.41, 5.74) is 0.0734. The van der Waals surface area contributed by atoms with Crippen LogP contribution < -0.4 is 9.47 Å². The molecule has 1 saturated heterocycles. The average molecular weight is 431 g/mol. The molecule has 0 spiro atoms. The van der Waals surface area contributed by atoms with Gasteiger partial charge in [0.2, 0.25) is 5.88 Å². The highest BCUT2D eigenvalue weighted by Gasteiger charge is 2.37. The van der Waals surface area contributed by atoms with Crippen molar-refractivity contribution < 1.29 is 28.5 Å². The Labute approximate surface area is 181 Å². The summed E-state index contributed by atoms with van der Waals surface area (Å²) in [5.74, 6) is 0.351. The first-order valence-corrected chi connectivity index (χ1v) is 10.2. The number of aromatic nitrogens is 2. The van der Waals surface area contributed by atoms with E-state index in [2.05, 4.69) is 9.97 Å². The van der Waals surface area contributed by atoms with E-state index in [1.54, 1.807) is 32.8 Å². The first-order valence-electron chi connectivity index (χ1n) is 10.2. The average Bonchev–Trinajstić information content (AvgIpc) is 2.75. The van der Waals surface area contributed by atoms with E-state index in [0.717, 1.165) is 5.52 Å². The number of fused-ring (bicyclic) bond motifs is 1. The largest absolute Gasteiger partial charge is 0.497 e. The van der Waals surface area contributed by atoms with E-state index in [1.165, 1.54) is 13.4 Å². The van der Waals surface area contributed by atoms with E-state index in [1.807, 2.05) is 18.2 Å². The highest BCUT2D eigenvalue weighted by Crippen LogP contribution is 2.29. The lowest BCUT2D eigenvalue weighted by Crippen LogP contribution is -2.52. The Morgan fingerprint density at radius 2 is 1.94 bits per heavy atom. The molecule has 9 nitrogen and oxygen atoms in total. The van der Waals surface area contributed by atoms with Gasteiger partial charge in [-0.1, -0.05) is 0 Å². The summed E-state index contributed by atoms with van der Waals surface area (Å²) in [6.07, 6.45) is 2.12. The number of carbonyl (C=O) groups excluding carboxylic acids is 2. The van der Waals surface area contributed by atoms with Gasteiger partial charge in [0, 0.05) is 6.54 Å². The Kier molecular flexibility index (Phi) is 6.82. The van der Waals surface area contributed by atoms with E-state index in [-0.39, 0.29) is 25.2 Å². The van der Waals surface area contributed by atoms with Crippen LogP contribution >= 0.6 is 0 Å². The first kappa shape index (κ1) is 22.6. The topological polar surface area (TPSA) is 100 Å². The number of benzene rings is 1. The fourth-order valence-corrected chi connectivity index (χ4v) is 3.53. The highest BCUT2D eigenvalue weighted by atomic mass is 16.6. The van der Waals surface area contributed by atoms with E-state index >= 15 is 0 Å². The van der Waals surface area contributed by atoms with Crippen molar-refractivity contribution in [2.24, 2.45) is 5.92 Å². The quantitative estimate of drug-likeness (QED) is 0.666. The number of esters is 1. The molecule has 9 heteroatoms. The van der Waals surface area contributed by atoms with Gasteiger partial charge in [-0.2, -0.15) is 0 Å². The van der Waals surface area contributed by atoms with Crippen LogP contribution in [0.15, 0.2) is 24.5 Å². The fourth-order valence-electron chi connectivity index (χ4n) is 3.53. The molecule has 2 atom stereocenters. The number of carbonyl (C=O) groups is 2. The molecule has 1 aromatic heterocycles. The smallest absolute Gasteiger partial charge is 0.410 e. The zero-order chi connectivity index (χ0) is 22.6. The van der Waals surface area contributed by atoms with Crippen LogP contribution in [0.5, 0.6) is 11.6 Å². The second-order valence-corrected chi connectivity index (χ2v) is 8.46. The highest BCUT2D eigenvalue weighted by molar-refractivity contribution is 5.84. The Bertz CT molecular complexity index is 942. The molecule has 0 saturated carbocycles. The summed E-state index contributed by atoms with van der Waals surface area (Å²) < 4.78 is 21.7. The van der Waals surface area contributed by atoms with Crippen LogP contribution in [0, 0.1) is 5.92 Å². The van der Waals surface area contributed by atoms with Crippen LogP contribution in [0.3, 0.4) is 0 Å². The lowest BCUT2D eigenvalue weighted by Gasteiger charge is -2.39. The summed E-state index contributed by atoms with van der Waals surface area (Å²) in [7, 11) is 2.94. The summed E-state index contributed by atoms with van der Waals surface area (Å²) in [5, 5.41) is 0.717. The van der Waals surface area contributed by atoms with Crippen LogP contribution in [0.25, 0.3) is 10.9 Å². The predicted molar refractivity (Wildman–Crippen MR) is 113 cm³/mol. The molecule has 2 heterocycles. The van der Waals surface area contributed by atoms with Crippen LogP contribution in [0.2, 0.25) is 0 Å². The van der Waals surface area contributed by atoms with Gasteiger partial charge in [0.1, 0.15) is 24.3 Å². The number of likely N-dealkylation sites (tertiary alicyclic amines) is 1. The van der Waals surface area contributed by atoms with Crippen molar-refractivity contribution in [2.45, 2.75) is 45.3 Å². The maximum atomic E-state index is 12.8. The van der Waals surface area contributed by atoms with Gasteiger partial charge in [0.15, 0.2) is 0 Å². The third-order valence-corrected chi connectivity index (χ3v) is 5.09. The van der Waals surface area contributed by atoms with Gasteiger partial charge in [-0.25, -0.2) is 14.8 Å². The number of hydrogen-bond acceptors (Lipinski definition) is 8. The van der Waals surface area contributed by atoms with Crippen molar-refractivity contribution in [1.82, 2.24) is 14.9 Å². The van der Waals surface area contributed by atoms with E-state index < -0.39 is 17.6 Å². The van der Waals surface area contributed by atoms with Gasteiger partial charge in [-0.05, 0) is 51.8 Å². The number of ether oxygens (including phenoxy) is 4. The van der Waals surface area contributed by atoms with Crippen molar-refractivity contribution in [3.05, 3.63) is 24.5 Å². The van der Waals surface area contributed by atoms with Gasteiger partial charge < -0.3 is 23.8 Å². The van der Waals surface area contributed by atoms with Gasteiger partial charge in [-0.3, -0.25) is 4.79 Å². The lowest BCUT2D eigenvalue weighted by molar-refractivity contribution is -0.147. The van der Waals surface area contributed by atoms with Gasteiger partial charge in [0.25, 0.3) is 0 Å². The minimum atomic E-state index is -0.653. The maximum Gasteiger partial charge on any atom is 0.410 e. The maximum absolute atomic E-state index is 12.8. The summed E-state index contributed by atoms with van der Waals surface area (Å²) in [6, 6.07) is 5.19. The zero-order valence-electron chi connectivity index (χ0n) is 18.6. The summed E-state index contributed by atoms with van der Waals surface area (Å²) >= 11 is 0. The number of hydrogen-bond donors (Lipinski definition) is 0. The third kappa shape index (κ3) is 5.53. The second kappa shape index (κ2) is 9.36. The van der Waals surface area contributed by atoms with Gasteiger partial charge in [-0.15, -0.1) is 0 Å². The molecule has 1 aromatic carbocycles. The molecule has 1 aliphatic heterocycles. The van der Waals surface area contributed by atoms with E-state index in [4.69, 9.17) is 18.9 Å². The van der Waals surface area contributed by atoms with Gasteiger partial charge >= 0.3 is 12.1 Å². The normalized spacial score (nSPS) is 19.1. The van der Waals surface area contributed by atoms with Crippen molar-refractivity contribution in [1.29, 1.82) is 0 Å². The fraction of sp³-hybridized carbons (Fsp3) is 0.545. The molecule has 2 aromatic rings. The Balaban J connectivity index is 1.79. The monoisotopic (exact) mass is 431 g/mol. The molecule has 1 amide bonds. The molecule has 0 N–H and O–H groups in total. The Morgan fingerprint density at radius 3 is 2.61 bits per heavy atom. The number of methoxy groups -OCH3 is 2. The molecule has 0 radical (unpaired) electrons. The SMILES string of the molecule is COC(=O)[C@@H]1CC[C@@H](COc2ncnc3ccc(OC)cc23)N(C(=O)OC(C)(C)C)C1. The Morgan fingerprint density at radius 1 is 1.16 bits per heavy atom. The van der Waals surface area contributed by atoms with Crippen molar-refractivity contribution in [3.63, 3.8) is 0 Å². The molecule has 3 rings (SSSR count). The minimum Gasteiger partial charge on any atom is -0.497 e. The lowest BCUT2D eigenvalue weighted by atomic mass is 9.93. The molecule has 168 valence electrons. The van der Waals surface area contributed by atoms with Crippen LogP contribution in [-0.2, 0) is 14.3 Å². The molecule has 31 heavy (non-hydrogen) atoms. The number of amides is 1. The van der Waals surface area contributed by atoms with Crippen LogP contribution in [0.1, 0.15) is 33.6 Å². The standard InChI is InChI=1S/C22H29N3O6/c1-22(2,3)31-21(27)25-11-14(20(26)29-5)6-7-15(25)12-30-19-17-10-16(28-4)8-9-18(17)23-13-24-19/h8-10,13-15H,6-7,11-12H2,1-5H3/t14-,15+/m1/s1. The number of nitrogens with zero attached hydrogens (tertiary/aromatic N) is 3. The molecule has 1 fully saturated rings. The van der Waals surface area contributed by atoms with Crippen LogP contribution in [-0.4, -0.2) is 65.9 Å². The summed E-state index contributed by atoms with van der Waals surface area (Å²) in [6.45, 7) is 5.83. The number of piperidine rings is 1. The minimum absolute atomic E-state index is 0.205. The predicted octanol–water partition coefficient (Wildman–Crippen LogP) is 3.21. The molecular weight excluding hydrogens is 402 g/mol. The summed E-state index contributed by atoms with van der Waals surface area (Å²) in [4.78, 5) is 35.0. The molecular formula is C22H29N3O6. The Hall–Kier alpha value is -3.10. The second-order valence-electron chi connectivity index (χ2n) is 8.46. The van der Waals surface area contributed by atoms with Crippen molar-refractivity contribution in [3.8, 4) is 11.6 Å². The molecule has 1 aliphatic rings. The van der Waals surface area contributed by atoms with Gasteiger partial charge in [0.05, 0.1) is 37.1 Å². The van der Waals surface area contributed by atoms with E-state index in [9.17, 15) is 9.59 Å². The van der Waals surface area contributed by atoms with Crippen molar-refractivity contribution >= 4 is 23.0 Å². The molecule has 0 unspecified atom stereocenters. The number of rotatable bonds is 5. The molecule has 0 aliphatic carbocycles. The zero-order valence-corrected chi connectivity index (χ0v) is 18.6. The van der Waals surface area contributed by atoms with E-state index in [0.29, 0.717) is 29.9 Å². The van der Waals surface area contributed by atoms with Crippen LogP contribution in [0.4, 0.5) is 4.79 Å². The first-order chi connectivity index (χ1) is 14.7.